The Hall–Kier alpha value is -3.73. The van der Waals surface area contributed by atoms with E-state index in [4.69, 9.17) is 4.98 Å². The summed E-state index contributed by atoms with van der Waals surface area (Å²) in [6.07, 6.45) is 0. The van der Waals surface area contributed by atoms with Gasteiger partial charge in [-0.25, -0.2) is 4.98 Å². The average Bonchev–Trinajstić information content (AvgIpc) is 2.74. The van der Waals surface area contributed by atoms with Crippen molar-refractivity contribution in [3.05, 3.63) is 90.0 Å². The molecule has 144 valence electrons. The van der Waals surface area contributed by atoms with E-state index in [2.05, 4.69) is 34.7 Å². The Morgan fingerprint density at radius 1 is 0.897 bits per heavy atom. The Bertz CT molecular complexity index is 1160. The summed E-state index contributed by atoms with van der Waals surface area (Å²) in [7, 11) is 0. The van der Waals surface area contributed by atoms with Crippen LogP contribution in [0, 0.1) is 0 Å². The van der Waals surface area contributed by atoms with Crippen LogP contribution in [0.4, 0.5) is 17.5 Å². The molecule has 0 aliphatic rings. The Labute approximate surface area is 169 Å². The zero-order valence-corrected chi connectivity index (χ0v) is 16.4. The molecule has 0 aliphatic carbocycles. The molecule has 0 amide bonds. The average molecular weight is 382 g/mol. The summed E-state index contributed by atoms with van der Waals surface area (Å²) < 4.78 is 0. The summed E-state index contributed by atoms with van der Waals surface area (Å²) in [6.45, 7) is 3.66. The van der Waals surface area contributed by atoms with Crippen molar-refractivity contribution in [2.75, 3.05) is 10.6 Å². The van der Waals surface area contributed by atoms with E-state index in [9.17, 15) is 4.79 Å². The number of carbonyl (C=O) groups excluding carboxylic acids is 1. The summed E-state index contributed by atoms with van der Waals surface area (Å²) in [4.78, 5) is 21.0. The fraction of sp³-hybridized carbons (Fsp3) is 0.125. The Kier molecular flexibility index (Phi) is 5.20. The summed E-state index contributed by atoms with van der Waals surface area (Å²) in [5.74, 6) is 1.26. The fourth-order valence-corrected chi connectivity index (χ4v) is 3.22. The van der Waals surface area contributed by atoms with Gasteiger partial charge in [0, 0.05) is 22.7 Å². The van der Waals surface area contributed by atoms with Crippen LogP contribution in [0.25, 0.3) is 10.9 Å². The van der Waals surface area contributed by atoms with Crippen LogP contribution in [0.3, 0.4) is 0 Å². The summed E-state index contributed by atoms with van der Waals surface area (Å²) >= 11 is 0. The maximum absolute atomic E-state index is 11.7. The van der Waals surface area contributed by atoms with E-state index in [0.717, 1.165) is 22.4 Å². The van der Waals surface area contributed by atoms with Crippen molar-refractivity contribution in [3.63, 3.8) is 0 Å². The lowest BCUT2D eigenvalue weighted by Gasteiger charge is -2.17. The number of Topliss-reactive ketones (excluding diaryl/α,β-unsaturated/α-hetero) is 1. The number of carbonyl (C=O) groups is 1. The van der Waals surface area contributed by atoms with Crippen molar-refractivity contribution < 1.29 is 4.79 Å². The number of hydrogen-bond acceptors (Lipinski definition) is 5. The van der Waals surface area contributed by atoms with Crippen LogP contribution in [0.1, 0.15) is 35.8 Å². The number of para-hydroxylation sites is 1. The van der Waals surface area contributed by atoms with Crippen molar-refractivity contribution in [1.82, 2.24) is 9.97 Å². The molecule has 0 saturated heterocycles. The Morgan fingerprint density at radius 3 is 2.45 bits per heavy atom. The Morgan fingerprint density at radius 2 is 1.66 bits per heavy atom. The largest absolute Gasteiger partial charge is 0.363 e. The first-order chi connectivity index (χ1) is 14.1. The standard InChI is InChI=1S/C24H22N4O/c1-16(18-9-4-3-5-10-18)25-23-21-13-6-7-14-22(21)27-24(28-23)26-20-12-8-11-19(15-20)17(2)29/h3-16H,1-2H3,(H2,25,26,27,28). The van der Waals surface area contributed by atoms with E-state index < -0.39 is 0 Å². The number of ketones is 1. The number of nitrogens with zero attached hydrogens (tertiary/aromatic N) is 2. The number of aromatic nitrogens is 2. The molecule has 0 bridgehead atoms. The molecule has 2 N–H and O–H groups in total. The van der Waals surface area contributed by atoms with Gasteiger partial charge in [-0.3, -0.25) is 4.79 Å². The van der Waals surface area contributed by atoms with Gasteiger partial charge in [-0.2, -0.15) is 4.98 Å². The zero-order valence-electron chi connectivity index (χ0n) is 16.4. The summed E-state index contributed by atoms with van der Waals surface area (Å²) in [6, 6.07) is 25.6. The number of benzene rings is 3. The maximum atomic E-state index is 11.7. The molecule has 0 saturated carbocycles. The molecule has 0 spiro atoms. The molecule has 1 atom stereocenters. The van der Waals surface area contributed by atoms with Crippen LogP contribution in [0.15, 0.2) is 78.9 Å². The molecular weight excluding hydrogens is 360 g/mol. The van der Waals surface area contributed by atoms with Crippen molar-refractivity contribution in [3.8, 4) is 0 Å². The van der Waals surface area contributed by atoms with Crippen LogP contribution in [-0.4, -0.2) is 15.8 Å². The molecule has 0 radical (unpaired) electrons. The lowest BCUT2D eigenvalue weighted by molar-refractivity contribution is 0.101. The van der Waals surface area contributed by atoms with Gasteiger partial charge in [0.2, 0.25) is 5.95 Å². The second-order valence-corrected chi connectivity index (χ2v) is 6.95. The number of hydrogen-bond donors (Lipinski definition) is 2. The third kappa shape index (κ3) is 4.24. The molecule has 29 heavy (non-hydrogen) atoms. The zero-order chi connectivity index (χ0) is 20.2. The van der Waals surface area contributed by atoms with E-state index in [1.54, 1.807) is 19.1 Å². The quantitative estimate of drug-likeness (QED) is 0.416. The van der Waals surface area contributed by atoms with E-state index in [-0.39, 0.29) is 11.8 Å². The van der Waals surface area contributed by atoms with Crippen LogP contribution >= 0.6 is 0 Å². The van der Waals surface area contributed by atoms with Gasteiger partial charge in [-0.05, 0) is 43.7 Å². The van der Waals surface area contributed by atoms with Gasteiger partial charge in [-0.15, -0.1) is 0 Å². The normalized spacial score (nSPS) is 11.8. The van der Waals surface area contributed by atoms with Crippen LogP contribution in [0.2, 0.25) is 0 Å². The smallest absolute Gasteiger partial charge is 0.229 e. The van der Waals surface area contributed by atoms with E-state index in [0.29, 0.717) is 11.5 Å². The molecule has 4 aromatic rings. The number of nitrogens with one attached hydrogen (secondary N) is 2. The lowest BCUT2D eigenvalue weighted by Crippen LogP contribution is -2.10. The molecular formula is C24H22N4O. The second kappa shape index (κ2) is 8.10. The maximum Gasteiger partial charge on any atom is 0.229 e. The molecule has 1 heterocycles. The molecule has 1 aromatic heterocycles. The summed E-state index contributed by atoms with van der Waals surface area (Å²) in [5, 5.41) is 7.70. The van der Waals surface area contributed by atoms with Gasteiger partial charge in [0.1, 0.15) is 5.82 Å². The first kappa shape index (κ1) is 18.6. The predicted molar refractivity (Wildman–Crippen MR) is 118 cm³/mol. The monoisotopic (exact) mass is 382 g/mol. The minimum Gasteiger partial charge on any atom is -0.363 e. The highest BCUT2D eigenvalue weighted by Gasteiger charge is 2.12. The van der Waals surface area contributed by atoms with Crippen molar-refractivity contribution in [1.29, 1.82) is 0 Å². The fourth-order valence-electron chi connectivity index (χ4n) is 3.22. The SMILES string of the molecule is CC(=O)c1cccc(Nc2nc(NC(C)c3ccccc3)c3ccccc3n2)c1. The topological polar surface area (TPSA) is 66.9 Å². The molecule has 5 heteroatoms. The van der Waals surface area contributed by atoms with Crippen molar-refractivity contribution >= 4 is 34.1 Å². The van der Waals surface area contributed by atoms with Gasteiger partial charge in [-0.1, -0.05) is 54.6 Å². The second-order valence-electron chi connectivity index (χ2n) is 6.95. The van der Waals surface area contributed by atoms with E-state index in [1.807, 2.05) is 54.6 Å². The molecule has 0 aliphatic heterocycles. The lowest BCUT2D eigenvalue weighted by atomic mass is 10.1. The highest BCUT2D eigenvalue weighted by atomic mass is 16.1. The van der Waals surface area contributed by atoms with Gasteiger partial charge < -0.3 is 10.6 Å². The van der Waals surface area contributed by atoms with Crippen molar-refractivity contribution in [2.45, 2.75) is 19.9 Å². The number of rotatable bonds is 6. The summed E-state index contributed by atoms with van der Waals surface area (Å²) in [5.41, 5.74) is 3.44. The van der Waals surface area contributed by atoms with E-state index in [1.165, 1.54) is 5.56 Å². The highest BCUT2D eigenvalue weighted by Crippen LogP contribution is 2.27. The van der Waals surface area contributed by atoms with Gasteiger partial charge in [0.25, 0.3) is 0 Å². The van der Waals surface area contributed by atoms with Crippen LogP contribution < -0.4 is 10.6 Å². The van der Waals surface area contributed by atoms with Crippen molar-refractivity contribution in [2.24, 2.45) is 0 Å². The predicted octanol–water partition coefficient (Wildman–Crippen LogP) is 5.75. The third-order valence-electron chi connectivity index (χ3n) is 4.78. The molecule has 4 rings (SSSR count). The third-order valence-corrected chi connectivity index (χ3v) is 4.78. The number of anilines is 3. The van der Waals surface area contributed by atoms with Crippen LogP contribution in [0.5, 0.6) is 0 Å². The van der Waals surface area contributed by atoms with E-state index >= 15 is 0 Å². The minimum absolute atomic E-state index is 0.0205. The first-order valence-corrected chi connectivity index (χ1v) is 9.56. The van der Waals surface area contributed by atoms with Gasteiger partial charge in [0.05, 0.1) is 5.52 Å². The Balaban J connectivity index is 1.69. The molecule has 3 aromatic carbocycles. The molecule has 0 fully saturated rings. The van der Waals surface area contributed by atoms with Gasteiger partial charge >= 0.3 is 0 Å². The molecule has 5 nitrogen and oxygen atoms in total. The number of fused-ring (bicyclic) bond motifs is 1. The highest BCUT2D eigenvalue weighted by molar-refractivity contribution is 5.95. The first-order valence-electron chi connectivity index (χ1n) is 9.56. The van der Waals surface area contributed by atoms with Gasteiger partial charge in [0.15, 0.2) is 5.78 Å². The molecule has 1 unspecified atom stereocenters. The minimum atomic E-state index is 0.0205. The van der Waals surface area contributed by atoms with Crippen LogP contribution in [-0.2, 0) is 0 Å².